The van der Waals surface area contributed by atoms with Gasteiger partial charge in [-0.3, -0.25) is 9.80 Å². The van der Waals surface area contributed by atoms with E-state index >= 15 is 0 Å². The fraction of sp³-hybridized carbons (Fsp3) is 0.400. The van der Waals surface area contributed by atoms with Gasteiger partial charge in [-0.25, -0.2) is 0 Å². The third kappa shape index (κ3) is 10.4. The van der Waals surface area contributed by atoms with Crippen molar-refractivity contribution < 1.29 is 10.2 Å². The van der Waals surface area contributed by atoms with Crippen LogP contribution in [0, 0.1) is 11.8 Å². The Morgan fingerprint density at radius 1 is 0.409 bits per heavy atom. The highest BCUT2D eigenvalue weighted by atomic mass is 16.3. The monoisotopic (exact) mass is 592 g/mol. The van der Waals surface area contributed by atoms with Crippen LogP contribution in [0.5, 0.6) is 0 Å². The summed E-state index contributed by atoms with van der Waals surface area (Å²) in [5.41, 5.74) is 4.81. The maximum Gasteiger partial charge on any atom is 0.0969 e. The summed E-state index contributed by atoms with van der Waals surface area (Å²) in [4.78, 5) is 4.76. The lowest BCUT2D eigenvalue weighted by Crippen LogP contribution is -2.56. The van der Waals surface area contributed by atoms with Crippen molar-refractivity contribution in [1.29, 1.82) is 0 Å². The van der Waals surface area contributed by atoms with Crippen LogP contribution in [0.3, 0.4) is 0 Å². The number of aliphatic hydroxyl groups is 2. The summed E-state index contributed by atoms with van der Waals surface area (Å²) in [5, 5.41) is 24.6. The number of hydrogen-bond acceptors (Lipinski definition) is 4. The molecule has 4 nitrogen and oxygen atoms in total. The van der Waals surface area contributed by atoms with Crippen molar-refractivity contribution in [1.82, 2.24) is 9.80 Å². The van der Waals surface area contributed by atoms with E-state index in [1.165, 1.54) is 22.3 Å². The van der Waals surface area contributed by atoms with Crippen molar-refractivity contribution in [3.8, 4) is 0 Å². The maximum atomic E-state index is 12.3. The zero-order chi connectivity index (χ0) is 31.3. The highest BCUT2D eigenvalue weighted by Gasteiger charge is 2.38. The maximum absolute atomic E-state index is 12.3. The Kier molecular flexibility index (Phi) is 13.2. The highest BCUT2D eigenvalue weighted by molar-refractivity contribution is 5.19. The average molecular weight is 593 g/mol. The fourth-order valence-corrected chi connectivity index (χ4v) is 6.28. The second kappa shape index (κ2) is 17.3. The van der Waals surface area contributed by atoms with E-state index in [1.54, 1.807) is 0 Å². The molecule has 0 saturated heterocycles. The van der Waals surface area contributed by atoms with Crippen LogP contribution in [-0.2, 0) is 26.2 Å². The normalized spacial score (nSPS) is 14.7. The summed E-state index contributed by atoms with van der Waals surface area (Å²) in [6.45, 7) is 11.6. The third-order valence-corrected chi connectivity index (χ3v) is 8.42. The second-order valence-electron chi connectivity index (χ2n) is 13.1. The van der Waals surface area contributed by atoms with Gasteiger partial charge in [0, 0.05) is 38.3 Å². The number of hydrogen-bond donors (Lipinski definition) is 2. The minimum atomic E-state index is -0.928. The average Bonchev–Trinajstić information content (AvgIpc) is 3.03. The van der Waals surface area contributed by atoms with Gasteiger partial charge in [0.25, 0.3) is 0 Å². The van der Waals surface area contributed by atoms with E-state index in [4.69, 9.17) is 0 Å². The Hall–Kier alpha value is -3.28. The van der Waals surface area contributed by atoms with E-state index in [-0.39, 0.29) is 12.1 Å². The Balaban J connectivity index is 1.69. The van der Waals surface area contributed by atoms with Crippen LogP contribution in [-0.4, -0.2) is 44.3 Å². The van der Waals surface area contributed by atoms with Crippen LogP contribution in [0.15, 0.2) is 121 Å². The molecule has 44 heavy (non-hydrogen) atoms. The second-order valence-corrected chi connectivity index (χ2v) is 13.1. The van der Waals surface area contributed by atoms with Gasteiger partial charge < -0.3 is 10.2 Å². The van der Waals surface area contributed by atoms with Gasteiger partial charge in [-0.15, -0.1) is 0 Å². The molecule has 4 aromatic rings. The Bertz CT molecular complexity index is 1130. The molecule has 234 valence electrons. The molecule has 0 aliphatic carbocycles. The van der Waals surface area contributed by atoms with Crippen LogP contribution >= 0.6 is 0 Å². The lowest BCUT2D eigenvalue weighted by atomic mass is 9.87. The predicted octanol–water partition coefficient (Wildman–Crippen LogP) is 7.94. The predicted molar refractivity (Wildman–Crippen MR) is 183 cm³/mol. The van der Waals surface area contributed by atoms with Crippen LogP contribution < -0.4 is 0 Å². The van der Waals surface area contributed by atoms with Crippen molar-refractivity contribution in [3.63, 3.8) is 0 Å². The van der Waals surface area contributed by atoms with Gasteiger partial charge in [0.15, 0.2) is 0 Å². The zero-order valence-corrected chi connectivity index (χ0v) is 27.0. The first kappa shape index (κ1) is 33.6. The van der Waals surface area contributed by atoms with Crippen LogP contribution in [0.4, 0.5) is 0 Å². The Morgan fingerprint density at radius 2 is 0.636 bits per heavy atom. The molecule has 4 heteroatoms. The van der Waals surface area contributed by atoms with Gasteiger partial charge in [0.2, 0.25) is 0 Å². The molecule has 0 spiro atoms. The van der Waals surface area contributed by atoms with E-state index in [2.05, 4.69) is 135 Å². The van der Waals surface area contributed by atoms with Crippen molar-refractivity contribution >= 4 is 0 Å². The summed E-state index contributed by atoms with van der Waals surface area (Å²) >= 11 is 0. The largest absolute Gasteiger partial charge is 0.389 e. The fourth-order valence-electron chi connectivity index (χ4n) is 6.28. The SMILES string of the molecule is CC(C)C[C@@H]([C@H](O)[C@H](O)[C@H](CC(C)C)N(Cc1ccccc1)Cc1ccccc1)N(Cc1ccccc1)Cc1ccccc1. The molecule has 0 radical (unpaired) electrons. The van der Waals surface area contributed by atoms with Gasteiger partial charge in [-0.05, 0) is 46.9 Å². The molecular formula is C40H52N2O2. The first-order chi connectivity index (χ1) is 21.3. The summed E-state index contributed by atoms with van der Waals surface area (Å²) in [6, 6.07) is 41.5. The summed E-state index contributed by atoms with van der Waals surface area (Å²) in [6.07, 6.45) is -0.293. The summed E-state index contributed by atoms with van der Waals surface area (Å²) in [5.74, 6) is 0.702. The first-order valence-corrected chi connectivity index (χ1v) is 16.3. The van der Waals surface area contributed by atoms with Crippen molar-refractivity contribution in [2.24, 2.45) is 11.8 Å². The molecule has 0 bridgehead atoms. The summed E-state index contributed by atoms with van der Waals surface area (Å²) in [7, 11) is 0. The first-order valence-electron chi connectivity index (χ1n) is 16.3. The molecule has 2 N–H and O–H groups in total. The minimum absolute atomic E-state index is 0.227. The van der Waals surface area contributed by atoms with Gasteiger partial charge in [-0.1, -0.05) is 149 Å². The van der Waals surface area contributed by atoms with Crippen LogP contribution in [0.1, 0.15) is 62.8 Å². The van der Waals surface area contributed by atoms with Crippen molar-refractivity contribution in [3.05, 3.63) is 144 Å². The molecular weight excluding hydrogens is 540 g/mol. The third-order valence-electron chi connectivity index (χ3n) is 8.42. The topological polar surface area (TPSA) is 46.9 Å². The smallest absolute Gasteiger partial charge is 0.0969 e. The number of benzene rings is 4. The molecule has 0 saturated carbocycles. The van der Waals surface area contributed by atoms with Crippen molar-refractivity contribution in [2.75, 3.05) is 0 Å². The molecule has 0 aliphatic heterocycles. The standard InChI is InChI=1S/C40H52N2O2/c1-31(2)25-37(41(27-33-17-9-5-10-18-33)28-34-19-11-6-12-20-34)39(43)40(44)38(26-32(3)4)42(29-35-21-13-7-14-22-35)30-36-23-15-8-16-24-36/h5-24,31-32,37-40,43-44H,25-30H2,1-4H3/t37-,38-,39-,40+/m0/s1. The molecule has 0 fully saturated rings. The van der Waals surface area contributed by atoms with Gasteiger partial charge >= 0.3 is 0 Å². The molecule has 0 heterocycles. The number of aliphatic hydroxyl groups excluding tert-OH is 2. The van der Waals surface area contributed by atoms with E-state index in [9.17, 15) is 10.2 Å². The quantitative estimate of drug-likeness (QED) is 0.131. The molecule has 0 amide bonds. The Morgan fingerprint density at radius 3 is 0.841 bits per heavy atom. The minimum Gasteiger partial charge on any atom is -0.389 e. The Labute approximate surface area is 266 Å². The van der Waals surface area contributed by atoms with E-state index in [1.807, 2.05) is 24.3 Å². The highest BCUT2D eigenvalue weighted by Crippen LogP contribution is 2.28. The van der Waals surface area contributed by atoms with E-state index in [0.717, 1.165) is 12.8 Å². The lowest BCUT2D eigenvalue weighted by molar-refractivity contribution is -0.0898. The lowest BCUT2D eigenvalue weighted by Gasteiger charge is -2.43. The van der Waals surface area contributed by atoms with Gasteiger partial charge in [-0.2, -0.15) is 0 Å². The summed E-state index contributed by atoms with van der Waals surface area (Å²) < 4.78 is 0. The molecule has 4 rings (SSSR count). The molecule has 4 atom stereocenters. The van der Waals surface area contributed by atoms with Gasteiger partial charge in [0.05, 0.1) is 12.2 Å². The number of rotatable bonds is 17. The molecule has 0 aromatic heterocycles. The van der Waals surface area contributed by atoms with Crippen molar-refractivity contribution in [2.45, 2.75) is 91.0 Å². The molecule has 4 aromatic carbocycles. The zero-order valence-electron chi connectivity index (χ0n) is 27.0. The molecule has 0 unspecified atom stereocenters. The van der Waals surface area contributed by atoms with Crippen LogP contribution in [0.2, 0.25) is 0 Å². The molecule has 0 aliphatic rings. The van der Waals surface area contributed by atoms with E-state index < -0.39 is 12.2 Å². The van der Waals surface area contributed by atoms with E-state index in [0.29, 0.717) is 38.0 Å². The van der Waals surface area contributed by atoms with Crippen LogP contribution in [0.25, 0.3) is 0 Å². The number of nitrogens with zero attached hydrogens (tertiary/aromatic N) is 2. The van der Waals surface area contributed by atoms with Gasteiger partial charge in [0.1, 0.15) is 0 Å².